The number of nitrogens with one attached hydrogen (secondary N) is 1. The van der Waals surface area contributed by atoms with Crippen molar-refractivity contribution in [3.05, 3.63) is 0 Å². The van der Waals surface area contributed by atoms with E-state index in [2.05, 4.69) is 31.0 Å². The van der Waals surface area contributed by atoms with E-state index >= 15 is 0 Å². The molecule has 0 aromatic heterocycles. The fraction of sp³-hybridized carbons (Fsp3) is 0.929. The van der Waals surface area contributed by atoms with Gasteiger partial charge in [0.25, 0.3) is 0 Å². The van der Waals surface area contributed by atoms with E-state index in [1.54, 1.807) is 0 Å². The Labute approximate surface area is 106 Å². The molecule has 2 atom stereocenters. The van der Waals surface area contributed by atoms with E-state index in [1.807, 2.05) is 0 Å². The van der Waals surface area contributed by atoms with Crippen LogP contribution in [-0.4, -0.2) is 36.5 Å². The molecule has 1 fully saturated rings. The lowest BCUT2D eigenvalue weighted by molar-refractivity contribution is -0.130. The zero-order valence-electron chi connectivity index (χ0n) is 11.7. The highest BCUT2D eigenvalue weighted by atomic mass is 16.2. The molecule has 100 valence electrons. The quantitative estimate of drug-likeness (QED) is 0.773. The summed E-state index contributed by atoms with van der Waals surface area (Å²) in [7, 11) is 0. The van der Waals surface area contributed by atoms with Crippen LogP contribution in [0.3, 0.4) is 0 Å². The summed E-state index contributed by atoms with van der Waals surface area (Å²) < 4.78 is 0. The molecule has 1 amide bonds. The van der Waals surface area contributed by atoms with Crippen LogP contribution >= 0.6 is 0 Å². The van der Waals surface area contributed by atoms with Crippen LogP contribution in [-0.2, 0) is 4.79 Å². The summed E-state index contributed by atoms with van der Waals surface area (Å²) >= 11 is 0. The molecule has 0 bridgehead atoms. The Hall–Kier alpha value is -0.570. The molecular formula is C14H28N2O. The minimum Gasteiger partial charge on any atom is -0.343 e. The summed E-state index contributed by atoms with van der Waals surface area (Å²) in [6.07, 6.45) is 5.28. The van der Waals surface area contributed by atoms with Gasteiger partial charge in [0.1, 0.15) is 0 Å². The van der Waals surface area contributed by atoms with Crippen molar-refractivity contribution < 1.29 is 4.79 Å². The summed E-state index contributed by atoms with van der Waals surface area (Å²) in [5.74, 6) is 1.08. The monoisotopic (exact) mass is 240 g/mol. The highest BCUT2D eigenvalue weighted by Gasteiger charge is 2.19. The molecule has 3 heteroatoms. The number of carbonyl (C=O) groups is 1. The van der Waals surface area contributed by atoms with Gasteiger partial charge in [-0.2, -0.15) is 0 Å². The van der Waals surface area contributed by atoms with E-state index in [-0.39, 0.29) is 0 Å². The number of amides is 1. The summed E-state index contributed by atoms with van der Waals surface area (Å²) in [4.78, 5) is 13.9. The zero-order valence-corrected chi connectivity index (χ0v) is 11.7. The minimum atomic E-state index is 0.366. The Balaban J connectivity index is 2.23. The Bertz CT molecular complexity index is 230. The number of rotatable bonds is 6. The SMILES string of the molecule is CCNC(C)CCCN1CCC(C)CCC1=O. The molecule has 1 saturated heterocycles. The molecule has 0 aliphatic carbocycles. The smallest absolute Gasteiger partial charge is 0.222 e. The van der Waals surface area contributed by atoms with Gasteiger partial charge in [-0.05, 0) is 45.1 Å². The van der Waals surface area contributed by atoms with Crippen molar-refractivity contribution in [3.63, 3.8) is 0 Å². The number of nitrogens with zero attached hydrogens (tertiary/aromatic N) is 1. The fourth-order valence-corrected chi connectivity index (χ4v) is 2.45. The average molecular weight is 240 g/mol. The van der Waals surface area contributed by atoms with Gasteiger partial charge in [0.2, 0.25) is 5.91 Å². The molecule has 0 aromatic carbocycles. The van der Waals surface area contributed by atoms with Crippen LogP contribution in [0.25, 0.3) is 0 Å². The van der Waals surface area contributed by atoms with Gasteiger partial charge >= 0.3 is 0 Å². The second-order valence-electron chi connectivity index (χ2n) is 5.41. The molecule has 0 spiro atoms. The van der Waals surface area contributed by atoms with Crippen molar-refractivity contribution in [3.8, 4) is 0 Å². The van der Waals surface area contributed by atoms with Crippen LogP contribution in [0.2, 0.25) is 0 Å². The van der Waals surface area contributed by atoms with Crippen molar-refractivity contribution in [2.75, 3.05) is 19.6 Å². The van der Waals surface area contributed by atoms with Crippen molar-refractivity contribution in [1.82, 2.24) is 10.2 Å². The molecule has 0 radical (unpaired) electrons. The average Bonchev–Trinajstić information content (AvgIpc) is 2.44. The van der Waals surface area contributed by atoms with Crippen LogP contribution in [0.4, 0.5) is 0 Å². The Morgan fingerprint density at radius 3 is 2.94 bits per heavy atom. The molecule has 0 aromatic rings. The predicted molar refractivity (Wildman–Crippen MR) is 72.0 cm³/mol. The summed E-state index contributed by atoms with van der Waals surface area (Å²) in [5.41, 5.74) is 0. The van der Waals surface area contributed by atoms with E-state index in [1.165, 1.54) is 6.42 Å². The highest BCUT2D eigenvalue weighted by molar-refractivity contribution is 5.76. The summed E-state index contributed by atoms with van der Waals surface area (Å²) in [6.45, 7) is 9.55. The van der Waals surface area contributed by atoms with Gasteiger partial charge in [-0.25, -0.2) is 0 Å². The van der Waals surface area contributed by atoms with Crippen LogP contribution in [0.5, 0.6) is 0 Å². The first-order valence-corrected chi connectivity index (χ1v) is 7.14. The Morgan fingerprint density at radius 1 is 1.47 bits per heavy atom. The van der Waals surface area contributed by atoms with Crippen molar-refractivity contribution in [1.29, 1.82) is 0 Å². The number of hydrogen-bond donors (Lipinski definition) is 1. The Morgan fingerprint density at radius 2 is 2.24 bits per heavy atom. The molecule has 1 rings (SSSR count). The van der Waals surface area contributed by atoms with Gasteiger partial charge in [0.15, 0.2) is 0 Å². The first kappa shape index (κ1) is 14.5. The lowest BCUT2D eigenvalue weighted by Gasteiger charge is -2.21. The largest absolute Gasteiger partial charge is 0.343 e. The van der Waals surface area contributed by atoms with Gasteiger partial charge < -0.3 is 10.2 Å². The first-order chi connectivity index (χ1) is 8.13. The van der Waals surface area contributed by atoms with Gasteiger partial charge in [0, 0.05) is 25.6 Å². The third-order valence-electron chi connectivity index (χ3n) is 3.71. The molecule has 1 aliphatic rings. The summed E-state index contributed by atoms with van der Waals surface area (Å²) in [6, 6.07) is 0.570. The third-order valence-corrected chi connectivity index (χ3v) is 3.71. The maximum absolute atomic E-state index is 11.9. The first-order valence-electron chi connectivity index (χ1n) is 7.14. The van der Waals surface area contributed by atoms with Gasteiger partial charge in [0.05, 0.1) is 0 Å². The molecular weight excluding hydrogens is 212 g/mol. The van der Waals surface area contributed by atoms with Crippen molar-refractivity contribution in [2.45, 2.75) is 58.9 Å². The van der Waals surface area contributed by atoms with Crippen molar-refractivity contribution in [2.24, 2.45) is 5.92 Å². The van der Waals surface area contributed by atoms with Crippen LogP contribution in [0.1, 0.15) is 52.9 Å². The van der Waals surface area contributed by atoms with Gasteiger partial charge in [-0.15, -0.1) is 0 Å². The van der Waals surface area contributed by atoms with Crippen LogP contribution in [0.15, 0.2) is 0 Å². The third kappa shape index (κ3) is 5.53. The molecule has 3 nitrogen and oxygen atoms in total. The molecule has 2 unspecified atom stereocenters. The van der Waals surface area contributed by atoms with Gasteiger partial charge in [-0.3, -0.25) is 4.79 Å². The normalized spacial score (nSPS) is 23.6. The molecule has 1 heterocycles. The van der Waals surface area contributed by atoms with E-state index < -0.39 is 0 Å². The lowest BCUT2D eigenvalue weighted by Crippen LogP contribution is -2.33. The molecule has 1 N–H and O–H groups in total. The Kier molecular flexibility index (Phi) is 6.56. The van der Waals surface area contributed by atoms with Crippen molar-refractivity contribution >= 4 is 5.91 Å². The maximum Gasteiger partial charge on any atom is 0.222 e. The molecule has 0 saturated carbocycles. The zero-order chi connectivity index (χ0) is 12.7. The lowest BCUT2D eigenvalue weighted by atomic mass is 10.0. The predicted octanol–water partition coefficient (Wildman–Crippen LogP) is 2.41. The highest BCUT2D eigenvalue weighted by Crippen LogP contribution is 2.17. The second kappa shape index (κ2) is 7.70. The van der Waals surface area contributed by atoms with E-state index in [0.717, 1.165) is 45.3 Å². The maximum atomic E-state index is 11.9. The van der Waals surface area contributed by atoms with E-state index in [9.17, 15) is 4.79 Å². The molecule has 17 heavy (non-hydrogen) atoms. The number of likely N-dealkylation sites (tertiary alicyclic amines) is 1. The fourth-order valence-electron chi connectivity index (χ4n) is 2.45. The number of carbonyl (C=O) groups excluding carboxylic acids is 1. The van der Waals surface area contributed by atoms with E-state index in [0.29, 0.717) is 17.9 Å². The second-order valence-corrected chi connectivity index (χ2v) is 5.41. The standard InChI is InChI=1S/C14H28N2O/c1-4-15-13(3)6-5-10-16-11-9-12(2)7-8-14(16)17/h12-13,15H,4-11H2,1-3H3. The van der Waals surface area contributed by atoms with Gasteiger partial charge in [-0.1, -0.05) is 13.8 Å². The van der Waals surface area contributed by atoms with Crippen LogP contribution < -0.4 is 5.32 Å². The van der Waals surface area contributed by atoms with Crippen LogP contribution in [0, 0.1) is 5.92 Å². The topological polar surface area (TPSA) is 32.3 Å². The minimum absolute atomic E-state index is 0.366. The summed E-state index contributed by atoms with van der Waals surface area (Å²) in [5, 5.41) is 3.41. The molecule has 1 aliphatic heterocycles. The van der Waals surface area contributed by atoms with E-state index in [4.69, 9.17) is 0 Å². The number of hydrogen-bond acceptors (Lipinski definition) is 2.